The molecule has 0 aliphatic heterocycles. The Morgan fingerprint density at radius 3 is 2.30 bits per heavy atom. The van der Waals surface area contributed by atoms with Crippen molar-refractivity contribution in [3.8, 4) is 0 Å². The summed E-state index contributed by atoms with van der Waals surface area (Å²) in [4.78, 5) is 0. The summed E-state index contributed by atoms with van der Waals surface area (Å²) in [5.41, 5.74) is 2.04. The Balaban J connectivity index is 2.14. The van der Waals surface area contributed by atoms with E-state index in [9.17, 15) is 9.50 Å². The van der Waals surface area contributed by atoms with E-state index in [0.717, 1.165) is 22.0 Å². The minimum atomic E-state index is -0.264. The molecule has 0 radical (unpaired) electrons. The molecule has 0 aliphatic rings. The lowest BCUT2D eigenvalue weighted by molar-refractivity contribution is 0.224. The molecule has 0 amide bonds. The van der Waals surface area contributed by atoms with E-state index >= 15 is 0 Å². The minimum Gasteiger partial charge on any atom is -0.396 e. The lowest BCUT2D eigenvalue weighted by Gasteiger charge is -2.16. The molecule has 0 spiro atoms. The molecule has 2 rings (SSSR count). The van der Waals surface area contributed by atoms with E-state index in [1.807, 2.05) is 30.3 Å². The van der Waals surface area contributed by atoms with Crippen LogP contribution in [0.15, 0.2) is 51.4 Å². The Morgan fingerprint density at radius 1 is 0.950 bits per heavy atom. The van der Waals surface area contributed by atoms with Gasteiger partial charge in [0.25, 0.3) is 0 Å². The molecule has 1 atom stereocenters. The van der Waals surface area contributed by atoms with Crippen LogP contribution < -0.4 is 0 Å². The molecule has 1 N–H and O–H groups in total. The van der Waals surface area contributed by atoms with Crippen molar-refractivity contribution in [2.24, 2.45) is 5.92 Å². The average Bonchev–Trinajstić information content (AvgIpc) is 2.45. The fraction of sp³-hybridized carbons (Fsp3) is 0.250. The molecule has 0 aromatic heterocycles. The summed E-state index contributed by atoms with van der Waals surface area (Å²) >= 11 is 6.79. The van der Waals surface area contributed by atoms with E-state index in [4.69, 9.17) is 0 Å². The van der Waals surface area contributed by atoms with Crippen LogP contribution in [0.5, 0.6) is 0 Å². The number of hydrogen-bond donors (Lipinski definition) is 1. The van der Waals surface area contributed by atoms with Gasteiger partial charge in [0, 0.05) is 11.1 Å². The zero-order valence-electron chi connectivity index (χ0n) is 10.8. The topological polar surface area (TPSA) is 20.2 Å². The van der Waals surface area contributed by atoms with Gasteiger partial charge in [0.2, 0.25) is 0 Å². The number of aliphatic hydroxyl groups is 1. The molecule has 0 bridgehead atoms. The SMILES string of the molecule is OCC(Cc1ccccc1Br)Cc1cccc(F)c1Br. The zero-order valence-corrected chi connectivity index (χ0v) is 14.0. The number of hydrogen-bond acceptors (Lipinski definition) is 1. The van der Waals surface area contributed by atoms with Crippen molar-refractivity contribution in [3.05, 3.63) is 68.4 Å². The summed E-state index contributed by atoms with van der Waals surface area (Å²) in [6.07, 6.45) is 1.39. The third kappa shape index (κ3) is 3.90. The van der Waals surface area contributed by atoms with Crippen LogP contribution in [-0.4, -0.2) is 11.7 Å². The molecule has 2 aromatic rings. The van der Waals surface area contributed by atoms with Crippen LogP contribution in [0.3, 0.4) is 0 Å². The summed E-state index contributed by atoms with van der Waals surface area (Å²) in [5, 5.41) is 9.58. The van der Waals surface area contributed by atoms with Gasteiger partial charge in [0.1, 0.15) is 5.82 Å². The second kappa shape index (κ2) is 7.34. The third-order valence-electron chi connectivity index (χ3n) is 3.26. The van der Waals surface area contributed by atoms with Gasteiger partial charge in [-0.1, -0.05) is 46.3 Å². The standard InChI is InChI=1S/C16H15Br2FO/c17-14-6-2-1-4-12(14)8-11(10-20)9-13-5-3-7-15(19)16(13)18/h1-7,11,20H,8-10H2. The van der Waals surface area contributed by atoms with Crippen molar-refractivity contribution in [2.75, 3.05) is 6.61 Å². The van der Waals surface area contributed by atoms with Crippen LogP contribution in [0, 0.1) is 11.7 Å². The highest BCUT2D eigenvalue weighted by atomic mass is 79.9. The molecule has 1 unspecified atom stereocenters. The van der Waals surface area contributed by atoms with Crippen LogP contribution in [0.25, 0.3) is 0 Å². The Kier molecular flexibility index (Phi) is 5.75. The van der Waals surface area contributed by atoms with Gasteiger partial charge in [-0.05, 0) is 57.9 Å². The van der Waals surface area contributed by atoms with Gasteiger partial charge < -0.3 is 5.11 Å². The van der Waals surface area contributed by atoms with Gasteiger partial charge >= 0.3 is 0 Å². The Hall–Kier alpha value is -0.710. The van der Waals surface area contributed by atoms with Crippen molar-refractivity contribution in [1.82, 2.24) is 0 Å². The van der Waals surface area contributed by atoms with Crippen LogP contribution >= 0.6 is 31.9 Å². The van der Waals surface area contributed by atoms with E-state index in [-0.39, 0.29) is 18.3 Å². The van der Waals surface area contributed by atoms with Crippen LogP contribution in [-0.2, 0) is 12.8 Å². The van der Waals surface area contributed by atoms with E-state index in [2.05, 4.69) is 31.9 Å². The molecule has 20 heavy (non-hydrogen) atoms. The van der Waals surface area contributed by atoms with Gasteiger partial charge in [0.05, 0.1) is 4.47 Å². The van der Waals surface area contributed by atoms with Gasteiger partial charge in [-0.2, -0.15) is 0 Å². The van der Waals surface area contributed by atoms with E-state index in [1.165, 1.54) is 6.07 Å². The minimum absolute atomic E-state index is 0.0619. The predicted octanol–water partition coefficient (Wildman–Crippen LogP) is 4.74. The Labute approximate surface area is 135 Å². The van der Waals surface area contributed by atoms with E-state index in [1.54, 1.807) is 6.07 Å². The average molecular weight is 402 g/mol. The molecular weight excluding hydrogens is 387 g/mol. The number of rotatable bonds is 5. The summed E-state index contributed by atoms with van der Waals surface area (Å²) in [5.74, 6) is -0.202. The molecule has 1 nitrogen and oxygen atoms in total. The van der Waals surface area contributed by atoms with Gasteiger partial charge in [-0.3, -0.25) is 0 Å². The van der Waals surface area contributed by atoms with E-state index in [0.29, 0.717) is 10.9 Å². The van der Waals surface area contributed by atoms with Gasteiger partial charge in [-0.15, -0.1) is 0 Å². The Morgan fingerprint density at radius 2 is 1.60 bits per heavy atom. The maximum atomic E-state index is 13.5. The highest BCUT2D eigenvalue weighted by Gasteiger charge is 2.14. The number of benzene rings is 2. The van der Waals surface area contributed by atoms with Crippen LogP contribution in [0.2, 0.25) is 0 Å². The predicted molar refractivity (Wildman–Crippen MR) is 86.2 cm³/mol. The molecule has 0 fully saturated rings. The highest BCUT2D eigenvalue weighted by Crippen LogP contribution is 2.26. The summed E-state index contributed by atoms with van der Waals surface area (Å²) in [7, 11) is 0. The van der Waals surface area contributed by atoms with Gasteiger partial charge in [0.15, 0.2) is 0 Å². The van der Waals surface area contributed by atoms with E-state index < -0.39 is 0 Å². The van der Waals surface area contributed by atoms with Crippen molar-refractivity contribution in [3.63, 3.8) is 0 Å². The fourth-order valence-electron chi connectivity index (χ4n) is 2.19. The second-order valence-corrected chi connectivity index (χ2v) is 6.41. The molecule has 0 aliphatic carbocycles. The van der Waals surface area contributed by atoms with Crippen molar-refractivity contribution in [1.29, 1.82) is 0 Å². The third-order valence-corrected chi connectivity index (χ3v) is 4.93. The first-order valence-corrected chi connectivity index (χ1v) is 7.97. The Bertz CT molecular complexity index is 586. The maximum absolute atomic E-state index is 13.5. The first kappa shape index (κ1) is 15.7. The van der Waals surface area contributed by atoms with Crippen molar-refractivity contribution < 1.29 is 9.50 Å². The summed E-state index contributed by atoms with van der Waals surface area (Å²) in [6.45, 7) is 0.0737. The number of aliphatic hydroxyl groups excluding tert-OH is 1. The first-order valence-electron chi connectivity index (χ1n) is 6.39. The highest BCUT2D eigenvalue weighted by molar-refractivity contribution is 9.10. The lowest BCUT2D eigenvalue weighted by Crippen LogP contribution is -2.13. The van der Waals surface area contributed by atoms with Gasteiger partial charge in [-0.25, -0.2) is 4.39 Å². The fourth-order valence-corrected chi connectivity index (χ4v) is 3.07. The number of halogens is 3. The van der Waals surface area contributed by atoms with Crippen LogP contribution in [0.4, 0.5) is 4.39 Å². The first-order chi connectivity index (χ1) is 9.61. The van der Waals surface area contributed by atoms with Crippen LogP contribution in [0.1, 0.15) is 11.1 Å². The molecule has 0 saturated heterocycles. The lowest BCUT2D eigenvalue weighted by atomic mass is 9.93. The summed E-state index contributed by atoms with van der Waals surface area (Å²) in [6, 6.07) is 13.0. The van der Waals surface area contributed by atoms with Crippen molar-refractivity contribution in [2.45, 2.75) is 12.8 Å². The second-order valence-electron chi connectivity index (χ2n) is 4.76. The molecular formula is C16H15Br2FO. The monoisotopic (exact) mass is 400 g/mol. The molecule has 106 valence electrons. The molecule has 0 heterocycles. The molecule has 2 aromatic carbocycles. The maximum Gasteiger partial charge on any atom is 0.137 e. The quantitative estimate of drug-likeness (QED) is 0.766. The van der Waals surface area contributed by atoms with Crippen molar-refractivity contribution >= 4 is 31.9 Å². The normalized spacial score (nSPS) is 12.4. The summed E-state index contributed by atoms with van der Waals surface area (Å²) < 4.78 is 15.0. The smallest absolute Gasteiger partial charge is 0.137 e. The largest absolute Gasteiger partial charge is 0.396 e. The molecule has 0 saturated carbocycles. The molecule has 4 heteroatoms. The zero-order chi connectivity index (χ0) is 14.5.